The number of rotatable bonds is 4. The zero-order valence-electron chi connectivity index (χ0n) is 28.9. The molecule has 3 heteroatoms. The second-order valence-electron chi connectivity index (χ2n) is 14.5. The largest absolute Gasteiger partial charge is 0.310 e. The van der Waals surface area contributed by atoms with Crippen LogP contribution in [-0.4, -0.2) is 0 Å². The number of benzene rings is 8. The van der Waals surface area contributed by atoms with Gasteiger partial charge in [-0.15, -0.1) is 22.7 Å². The standard InChI is InChI=1S/C49H33NS2/c1-49(2)40-16-6-3-14-39(40)47-41(49)17-10-18-42(47)50(33-26-28-37-35-12-4-7-19-43(35)51-45(37)29-33)32-24-21-30(22-25-32)34-15-9-11-31-23-27-38-36-13-5-8-20-44(36)52-48(38)46(31)34/h3-29H,1-2H3. The van der Waals surface area contributed by atoms with Crippen LogP contribution in [0, 0.1) is 0 Å². The van der Waals surface area contributed by atoms with Gasteiger partial charge in [0.05, 0.1) is 5.69 Å². The van der Waals surface area contributed by atoms with E-state index in [2.05, 4.69) is 183 Å². The second kappa shape index (κ2) is 11.1. The summed E-state index contributed by atoms with van der Waals surface area (Å²) in [6.07, 6.45) is 0. The van der Waals surface area contributed by atoms with Gasteiger partial charge in [-0.1, -0.05) is 135 Å². The molecular formula is C49H33NS2. The minimum absolute atomic E-state index is 0.0841. The molecule has 10 aromatic rings. The molecule has 0 saturated heterocycles. The Labute approximate surface area is 310 Å². The predicted molar refractivity (Wildman–Crippen MR) is 227 cm³/mol. The third-order valence-corrected chi connectivity index (χ3v) is 13.6. The van der Waals surface area contributed by atoms with Crippen molar-refractivity contribution >= 4 is 90.9 Å². The van der Waals surface area contributed by atoms with Crippen molar-refractivity contribution in [2.45, 2.75) is 19.3 Å². The summed E-state index contributed by atoms with van der Waals surface area (Å²) in [4.78, 5) is 2.48. The van der Waals surface area contributed by atoms with Gasteiger partial charge in [0.25, 0.3) is 0 Å². The lowest BCUT2D eigenvalue weighted by Crippen LogP contribution is -2.16. The molecule has 2 aromatic heterocycles. The number of anilines is 3. The Hall–Kier alpha value is -5.74. The Morgan fingerprint density at radius 1 is 0.462 bits per heavy atom. The van der Waals surface area contributed by atoms with Gasteiger partial charge in [-0.3, -0.25) is 0 Å². The topological polar surface area (TPSA) is 3.24 Å². The maximum absolute atomic E-state index is 2.48. The lowest BCUT2D eigenvalue weighted by Gasteiger charge is -2.29. The van der Waals surface area contributed by atoms with Gasteiger partial charge in [0.15, 0.2) is 0 Å². The first-order valence-corrected chi connectivity index (χ1v) is 19.6. The molecule has 0 spiro atoms. The smallest absolute Gasteiger partial charge is 0.0543 e. The molecule has 1 aliphatic carbocycles. The van der Waals surface area contributed by atoms with Gasteiger partial charge in [0.1, 0.15) is 0 Å². The monoisotopic (exact) mass is 699 g/mol. The highest BCUT2D eigenvalue weighted by Crippen LogP contribution is 2.54. The summed E-state index contributed by atoms with van der Waals surface area (Å²) in [5, 5.41) is 7.92. The Kier molecular flexibility index (Phi) is 6.41. The number of nitrogens with zero attached hydrogens (tertiary/aromatic N) is 1. The van der Waals surface area contributed by atoms with E-state index in [4.69, 9.17) is 0 Å². The molecule has 0 unspecified atom stereocenters. The molecule has 8 aromatic carbocycles. The summed E-state index contributed by atoms with van der Waals surface area (Å²) >= 11 is 3.78. The minimum Gasteiger partial charge on any atom is -0.310 e. The van der Waals surface area contributed by atoms with Crippen molar-refractivity contribution in [1.29, 1.82) is 0 Å². The highest BCUT2D eigenvalue weighted by atomic mass is 32.1. The maximum atomic E-state index is 2.48. The highest BCUT2D eigenvalue weighted by Gasteiger charge is 2.37. The van der Waals surface area contributed by atoms with E-state index in [0.29, 0.717) is 0 Å². The Morgan fingerprint density at radius 3 is 1.94 bits per heavy atom. The molecule has 0 bridgehead atoms. The van der Waals surface area contributed by atoms with Gasteiger partial charge in [-0.05, 0) is 75.7 Å². The van der Waals surface area contributed by atoms with E-state index in [1.54, 1.807) is 0 Å². The van der Waals surface area contributed by atoms with Crippen LogP contribution in [0.3, 0.4) is 0 Å². The number of fused-ring (bicyclic) bond motifs is 11. The molecule has 1 aliphatic rings. The number of hydrogen-bond donors (Lipinski definition) is 0. The van der Waals surface area contributed by atoms with Crippen LogP contribution < -0.4 is 4.90 Å². The van der Waals surface area contributed by atoms with Gasteiger partial charge >= 0.3 is 0 Å². The van der Waals surface area contributed by atoms with Gasteiger partial charge in [0, 0.05) is 68.1 Å². The molecule has 0 saturated carbocycles. The molecule has 0 N–H and O–H groups in total. The summed E-state index contributed by atoms with van der Waals surface area (Å²) < 4.78 is 5.32. The third-order valence-electron chi connectivity index (χ3n) is 11.3. The molecule has 11 rings (SSSR count). The molecule has 0 radical (unpaired) electrons. The van der Waals surface area contributed by atoms with E-state index in [1.807, 2.05) is 22.7 Å². The van der Waals surface area contributed by atoms with Gasteiger partial charge < -0.3 is 4.90 Å². The summed E-state index contributed by atoms with van der Waals surface area (Å²) in [5.74, 6) is 0. The van der Waals surface area contributed by atoms with E-state index in [1.165, 1.54) is 95.9 Å². The van der Waals surface area contributed by atoms with Crippen LogP contribution in [0.1, 0.15) is 25.0 Å². The Bertz CT molecular complexity index is 3050. The fourth-order valence-electron chi connectivity index (χ4n) is 8.79. The number of thiophene rings is 2. The zero-order chi connectivity index (χ0) is 34.6. The van der Waals surface area contributed by atoms with Crippen molar-refractivity contribution in [3.8, 4) is 22.3 Å². The van der Waals surface area contributed by atoms with Crippen LogP contribution in [0.25, 0.3) is 73.4 Å². The van der Waals surface area contributed by atoms with Crippen LogP contribution >= 0.6 is 22.7 Å². The van der Waals surface area contributed by atoms with Gasteiger partial charge in [-0.25, -0.2) is 0 Å². The van der Waals surface area contributed by atoms with E-state index < -0.39 is 0 Å². The Morgan fingerprint density at radius 2 is 1.10 bits per heavy atom. The van der Waals surface area contributed by atoms with E-state index in [0.717, 1.165) is 5.69 Å². The lowest BCUT2D eigenvalue weighted by molar-refractivity contribution is 0.660. The average molecular weight is 700 g/mol. The first-order chi connectivity index (χ1) is 25.5. The molecule has 246 valence electrons. The molecule has 0 aliphatic heterocycles. The van der Waals surface area contributed by atoms with Crippen LogP contribution in [0.2, 0.25) is 0 Å². The summed E-state index contributed by atoms with van der Waals surface area (Å²) in [7, 11) is 0. The quantitative estimate of drug-likeness (QED) is 0.177. The van der Waals surface area contributed by atoms with E-state index in [-0.39, 0.29) is 5.41 Å². The molecular weight excluding hydrogens is 667 g/mol. The van der Waals surface area contributed by atoms with Crippen molar-refractivity contribution < 1.29 is 0 Å². The van der Waals surface area contributed by atoms with Gasteiger partial charge in [-0.2, -0.15) is 0 Å². The molecule has 1 nitrogen and oxygen atoms in total. The van der Waals surface area contributed by atoms with Crippen LogP contribution in [0.15, 0.2) is 164 Å². The summed E-state index contributed by atoms with van der Waals surface area (Å²) in [6.45, 7) is 4.73. The minimum atomic E-state index is -0.0841. The molecule has 2 heterocycles. The van der Waals surface area contributed by atoms with E-state index >= 15 is 0 Å². The van der Waals surface area contributed by atoms with Crippen molar-refractivity contribution in [2.75, 3.05) is 4.90 Å². The Balaban J connectivity index is 1.12. The van der Waals surface area contributed by atoms with Gasteiger partial charge in [0.2, 0.25) is 0 Å². The van der Waals surface area contributed by atoms with Crippen LogP contribution in [-0.2, 0) is 5.41 Å². The third kappa shape index (κ3) is 4.27. The average Bonchev–Trinajstić information content (AvgIpc) is 3.83. The van der Waals surface area contributed by atoms with Crippen molar-refractivity contribution in [1.82, 2.24) is 0 Å². The number of hydrogen-bond acceptors (Lipinski definition) is 3. The normalized spacial score (nSPS) is 13.3. The van der Waals surface area contributed by atoms with E-state index in [9.17, 15) is 0 Å². The molecule has 0 atom stereocenters. The summed E-state index contributed by atoms with van der Waals surface area (Å²) in [5.41, 5.74) is 11.3. The van der Waals surface area contributed by atoms with Crippen molar-refractivity contribution in [2.24, 2.45) is 0 Å². The lowest BCUT2D eigenvalue weighted by atomic mass is 9.82. The highest BCUT2D eigenvalue weighted by molar-refractivity contribution is 7.27. The summed E-state index contributed by atoms with van der Waals surface area (Å²) in [6, 6.07) is 61.0. The predicted octanol–water partition coefficient (Wildman–Crippen LogP) is 15.0. The SMILES string of the molecule is CC1(C)c2ccccc2-c2c(N(c3ccc(-c4cccc5ccc6c7ccccc7sc6c45)cc3)c3ccc4c(c3)sc3ccccc34)cccc21. The fraction of sp³-hybridized carbons (Fsp3) is 0.0612. The first kappa shape index (κ1) is 29.9. The first-order valence-electron chi connectivity index (χ1n) is 17.9. The van der Waals surface area contributed by atoms with Crippen LogP contribution in [0.5, 0.6) is 0 Å². The zero-order valence-corrected chi connectivity index (χ0v) is 30.5. The molecule has 0 fully saturated rings. The van der Waals surface area contributed by atoms with Crippen LogP contribution in [0.4, 0.5) is 17.1 Å². The van der Waals surface area contributed by atoms with Crippen molar-refractivity contribution in [3.05, 3.63) is 175 Å². The molecule has 0 amide bonds. The second-order valence-corrected chi connectivity index (χ2v) is 16.6. The maximum Gasteiger partial charge on any atom is 0.0543 e. The molecule has 52 heavy (non-hydrogen) atoms. The fourth-order valence-corrected chi connectivity index (χ4v) is 11.2. The van der Waals surface area contributed by atoms with Crippen molar-refractivity contribution in [3.63, 3.8) is 0 Å².